The topological polar surface area (TPSA) is 54.9 Å². The molecule has 0 spiro atoms. The predicted octanol–water partition coefficient (Wildman–Crippen LogP) is 3.11. The van der Waals surface area contributed by atoms with Crippen LogP contribution in [0.4, 0.5) is 5.69 Å². The number of anilines is 1. The van der Waals surface area contributed by atoms with Gasteiger partial charge in [-0.15, -0.1) is 0 Å². The van der Waals surface area contributed by atoms with Gasteiger partial charge in [0, 0.05) is 17.5 Å². The molecule has 0 aliphatic heterocycles. The average molecular weight is 306 g/mol. The lowest BCUT2D eigenvalue weighted by atomic mass is 10.2. The van der Waals surface area contributed by atoms with E-state index in [1.165, 1.54) is 0 Å². The lowest BCUT2D eigenvalue weighted by molar-refractivity contribution is 0.102. The van der Waals surface area contributed by atoms with Crippen molar-refractivity contribution >= 4 is 27.5 Å². The standard InChI is InChI=1S/C13H12BrN3O/c1-8-3-4-11(9(2)16-8)17-13(18)10-5-6-15-12(14)7-10/h3-7H,1-2H3,(H,17,18). The van der Waals surface area contributed by atoms with Gasteiger partial charge in [-0.3, -0.25) is 9.78 Å². The molecule has 0 aliphatic carbocycles. The quantitative estimate of drug-likeness (QED) is 0.867. The largest absolute Gasteiger partial charge is 0.320 e. The molecule has 0 saturated heterocycles. The van der Waals surface area contributed by atoms with E-state index in [1.54, 1.807) is 18.3 Å². The van der Waals surface area contributed by atoms with E-state index in [0.717, 1.165) is 17.1 Å². The third-order valence-electron chi connectivity index (χ3n) is 2.46. The van der Waals surface area contributed by atoms with E-state index in [2.05, 4.69) is 31.2 Å². The fourth-order valence-electron chi connectivity index (χ4n) is 1.56. The van der Waals surface area contributed by atoms with Crippen LogP contribution in [0.5, 0.6) is 0 Å². The van der Waals surface area contributed by atoms with E-state index in [-0.39, 0.29) is 5.91 Å². The normalized spacial score (nSPS) is 10.2. The Labute approximate surface area is 114 Å². The minimum atomic E-state index is -0.174. The van der Waals surface area contributed by atoms with E-state index >= 15 is 0 Å². The molecule has 18 heavy (non-hydrogen) atoms. The van der Waals surface area contributed by atoms with E-state index < -0.39 is 0 Å². The molecule has 4 nitrogen and oxygen atoms in total. The Morgan fingerprint density at radius 1 is 1.28 bits per heavy atom. The minimum Gasteiger partial charge on any atom is -0.320 e. The van der Waals surface area contributed by atoms with E-state index in [0.29, 0.717) is 10.2 Å². The molecule has 5 heteroatoms. The van der Waals surface area contributed by atoms with Crippen LogP contribution in [0.1, 0.15) is 21.7 Å². The van der Waals surface area contributed by atoms with Gasteiger partial charge < -0.3 is 5.32 Å². The number of nitrogens with one attached hydrogen (secondary N) is 1. The third-order valence-corrected chi connectivity index (χ3v) is 2.90. The Kier molecular flexibility index (Phi) is 3.72. The highest BCUT2D eigenvalue weighted by atomic mass is 79.9. The van der Waals surface area contributed by atoms with Gasteiger partial charge in [0.05, 0.1) is 11.4 Å². The zero-order chi connectivity index (χ0) is 13.1. The van der Waals surface area contributed by atoms with Gasteiger partial charge in [-0.05, 0) is 54.0 Å². The highest BCUT2D eigenvalue weighted by Crippen LogP contribution is 2.15. The van der Waals surface area contributed by atoms with Crippen LogP contribution in [-0.4, -0.2) is 15.9 Å². The van der Waals surface area contributed by atoms with Gasteiger partial charge in [-0.2, -0.15) is 0 Å². The molecule has 0 bridgehead atoms. The van der Waals surface area contributed by atoms with Crippen molar-refractivity contribution in [3.63, 3.8) is 0 Å². The fraction of sp³-hybridized carbons (Fsp3) is 0.154. The van der Waals surface area contributed by atoms with Gasteiger partial charge in [0.15, 0.2) is 0 Å². The summed E-state index contributed by atoms with van der Waals surface area (Å²) < 4.78 is 0.633. The summed E-state index contributed by atoms with van der Waals surface area (Å²) in [5.41, 5.74) is 3.00. The first-order chi connectivity index (χ1) is 8.56. The highest BCUT2D eigenvalue weighted by molar-refractivity contribution is 9.10. The number of pyridine rings is 2. The third kappa shape index (κ3) is 2.92. The number of hydrogen-bond donors (Lipinski definition) is 1. The van der Waals surface area contributed by atoms with Gasteiger partial charge in [0.1, 0.15) is 4.60 Å². The molecule has 0 fully saturated rings. The van der Waals surface area contributed by atoms with Crippen LogP contribution in [0.15, 0.2) is 35.1 Å². The smallest absolute Gasteiger partial charge is 0.255 e. The zero-order valence-electron chi connectivity index (χ0n) is 10.1. The van der Waals surface area contributed by atoms with Gasteiger partial charge in [0.25, 0.3) is 5.91 Å². The molecule has 2 heterocycles. The maximum absolute atomic E-state index is 12.0. The summed E-state index contributed by atoms with van der Waals surface area (Å²) in [6.45, 7) is 3.78. The Balaban J connectivity index is 2.21. The maximum atomic E-state index is 12.0. The number of carbonyl (C=O) groups excluding carboxylic acids is 1. The molecule has 0 atom stereocenters. The lowest BCUT2D eigenvalue weighted by Gasteiger charge is -2.08. The molecule has 1 amide bonds. The van der Waals surface area contributed by atoms with E-state index in [4.69, 9.17) is 0 Å². The van der Waals surface area contributed by atoms with Crippen molar-refractivity contribution in [3.8, 4) is 0 Å². The molecule has 0 radical (unpaired) electrons. The number of rotatable bonds is 2. The summed E-state index contributed by atoms with van der Waals surface area (Å²) in [6, 6.07) is 7.06. The SMILES string of the molecule is Cc1ccc(NC(=O)c2ccnc(Br)c2)c(C)n1. The van der Waals surface area contributed by atoms with Crippen molar-refractivity contribution in [1.82, 2.24) is 9.97 Å². The molecule has 1 N–H and O–H groups in total. The second kappa shape index (κ2) is 5.27. The molecule has 0 aromatic carbocycles. The molecule has 92 valence electrons. The van der Waals surface area contributed by atoms with Crippen LogP contribution < -0.4 is 5.32 Å². The molecule has 2 aromatic heterocycles. The molecule has 0 saturated carbocycles. The van der Waals surface area contributed by atoms with Crippen LogP contribution in [0.3, 0.4) is 0 Å². The first-order valence-corrected chi connectivity index (χ1v) is 6.23. The molecule has 2 rings (SSSR count). The van der Waals surface area contributed by atoms with Gasteiger partial charge in [-0.1, -0.05) is 0 Å². The summed E-state index contributed by atoms with van der Waals surface area (Å²) in [4.78, 5) is 20.3. The lowest BCUT2D eigenvalue weighted by Crippen LogP contribution is -2.13. The fourth-order valence-corrected chi connectivity index (χ4v) is 1.92. The maximum Gasteiger partial charge on any atom is 0.255 e. The van der Waals surface area contributed by atoms with Crippen molar-refractivity contribution in [1.29, 1.82) is 0 Å². The number of amides is 1. The minimum absolute atomic E-state index is 0.174. The number of halogens is 1. The Morgan fingerprint density at radius 2 is 2.06 bits per heavy atom. The van der Waals surface area contributed by atoms with Gasteiger partial charge >= 0.3 is 0 Å². The monoisotopic (exact) mass is 305 g/mol. The van der Waals surface area contributed by atoms with Crippen molar-refractivity contribution in [2.24, 2.45) is 0 Å². The number of carbonyl (C=O) groups is 1. The van der Waals surface area contributed by atoms with Gasteiger partial charge in [-0.25, -0.2) is 4.98 Å². The molecule has 0 unspecified atom stereocenters. The van der Waals surface area contributed by atoms with Crippen LogP contribution in [0.25, 0.3) is 0 Å². The number of aryl methyl sites for hydroxylation is 2. The molecule has 0 aliphatic rings. The Hall–Kier alpha value is -1.75. The Bertz CT molecular complexity index is 599. The molecule has 2 aromatic rings. The summed E-state index contributed by atoms with van der Waals surface area (Å²) in [5, 5.41) is 2.83. The second-order valence-electron chi connectivity index (χ2n) is 3.91. The van der Waals surface area contributed by atoms with E-state index in [9.17, 15) is 4.79 Å². The summed E-state index contributed by atoms with van der Waals surface area (Å²) in [6.07, 6.45) is 1.58. The van der Waals surface area contributed by atoms with Crippen molar-refractivity contribution in [3.05, 3.63) is 52.0 Å². The number of hydrogen-bond acceptors (Lipinski definition) is 3. The van der Waals surface area contributed by atoms with Crippen molar-refractivity contribution < 1.29 is 4.79 Å². The Morgan fingerprint density at radius 3 is 2.72 bits per heavy atom. The van der Waals surface area contributed by atoms with Crippen LogP contribution >= 0.6 is 15.9 Å². The van der Waals surface area contributed by atoms with Crippen LogP contribution in [0, 0.1) is 13.8 Å². The number of nitrogens with zero attached hydrogens (tertiary/aromatic N) is 2. The van der Waals surface area contributed by atoms with Crippen LogP contribution in [0.2, 0.25) is 0 Å². The number of aromatic nitrogens is 2. The highest BCUT2D eigenvalue weighted by Gasteiger charge is 2.08. The average Bonchev–Trinajstić information content (AvgIpc) is 2.32. The van der Waals surface area contributed by atoms with E-state index in [1.807, 2.05) is 26.0 Å². The first kappa shape index (κ1) is 12.7. The van der Waals surface area contributed by atoms with Gasteiger partial charge in [0.2, 0.25) is 0 Å². The zero-order valence-corrected chi connectivity index (χ0v) is 11.7. The first-order valence-electron chi connectivity index (χ1n) is 5.43. The van der Waals surface area contributed by atoms with Crippen LogP contribution in [-0.2, 0) is 0 Å². The van der Waals surface area contributed by atoms with Crippen molar-refractivity contribution in [2.75, 3.05) is 5.32 Å². The van der Waals surface area contributed by atoms with Crippen molar-refractivity contribution in [2.45, 2.75) is 13.8 Å². The predicted molar refractivity (Wildman–Crippen MR) is 73.6 cm³/mol. The summed E-state index contributed by atoms with van der Waals surface area (Å²) in [5.74, 6) is -0.174. The summed E-state index contributed by atoms with van der Waals surface area (Å²) in [7, 11) is 0. The molecular formula is C13H12BrN3O. The summed E-state index contributed by atoms with van der Waals surface area (Å²) >= 11 is 3.24. The molecular weight excluding hydrogens is 294 g/mol. The second-order valence-corrected chi connectivity index (χ2v) is 4.72.